The summed E-state index contributed by atoms with van der Waals surface area (Å²) in [5, 5.41) is 2.97. The standard InChI is InChI=1S/C15H26N2O2S/c1-12-7-8-13(15(2,3)4)11-14(12)20(18,19)17(6)10-9-16-5/h7-8,11,16H,9-10H2,1-6H3. The van der Waals surface area contributed by atoms with E-state index in [0.717, 1.165) is 11.1 Å². The minimum atomic E-state index is -3.43. The van der Waals surface area contributed by atoms with Crippen molar-refractivity contribution in [2.75, 3.05) is 27.2 Å². The van der Waals surface area contributed by atoms with E-state index in [1.165, 1.54) is 4.31 Å². The lowest BCUT2D eigenvalue weighted by molar-refractivity contribution is 0.465. The van der Waals surface area contributed by atoms with Crippen LogP contribution >= 0.6 is 0 Å². The molecule has 0 aliphatic carbocycles. The molecular weight excluding hydrogens is 272 g/mol. The van der Waals surface area contributed by atoms with Crippen molar-refractivity contribution in [2.24, 2.45) is 0 Å². The Labute approximate surface area is 123 Å². The Kier molecular flexibility index (Phi) is 5.35. The zero-order valence-corrected chi connectivity index (χ0v) is 14.1. The zero-order valence-electron chi connectivity index (χ0n) is 13.3. The second kappa shape index (κ2) is 6.24. The van der Waals surface area contributed by atoms with Gasteiger partial charge >= 0.3 is 0 Å². The molecule has 0 aliphatic heterocycles. The molecule has 20 heavy (non-hydrogen) atoms. The molecule has 1 rings (SSSR count). The Bertz CT molecular complexity index is 560. The van der Waals surface area contributed by atoms with Crippen molar-refractivity contribution in [1.82, 2.24) is 9.62 Å². The highest BCUT2D eigenvalue weighted by atomic mass is 32.2. The van der Waals surface area contributed by atoms with Crippen LogP contribution in [0.1, 0.15) is 31.9 Å². The lowest BCUT2D eigenvalue weighted by atomic mass is 9.87. The van der Waals surface area contributed by atoms with E-state index in [-0.39, 0.29) is 5.41 Å². The van der Waals surface area contributed by atoms with Gasteiger partial charge in [-0.25, -0.2) is 8.42 Å². The van der Waals surface area contributed by atoms with Gasteiger partial charge in [0.05, 0.1) is 4.90 Å². The lowest BCUT2D eigenvalue weighted by Crippen LogP contribution is -2.33. The summed E-state index contributed by atoms with van der Waals surface area (Å²) in [6, 6.07) is 5.70. The van der Waals surface area contributed by atoms with E-state index in [2.05, 4.69) is 26.1 Å². The molecule has 114 valence electrons. The van der Waals surface area contributed by atoms with E-state index < -0.39 is 10.0 Å². The second-order valence-electron chi connectivity index (χ2n) is 6.16. The molecule has 0 saturated carbocycles. The summed E-state index contributed by atoms with van der Waals surface area (Å²) in [5.74, 6) is 0. The van der Waals surface area contributed by atoms with Gasteiger partial charge in [-0.1, -0.05) is 32.9 Å². The maximum Gasteiger partial charge on any atom is 0.243 e. The Morgan fingerprint density at radius 2 is 1.85 bits per heavy atom. The molecule has 5 heteroatoms. The van der Waals surface area contributed by atoms with Crippen LogP contribution in [0.25, 0.3) is 0 Å². The zero-order chi connectivity index (χ0) is 15.6. The molecule has 0 atom stereocenters. The number of likely N-dealkylation sites (N-methyl/N-ethyl adjacent to an activating group) is 2. The molecule has 0 spiro atoms. The van der Waals surface area contributed by atoms with E-state index in [1.807, 2.05) is 26.1 Å². The molecule has 0 aliphatic rings. The Hall–Kier alpha value is -0.910. The molecule has 1 aromatic carbocycles. The molecule has 0 radical (unpaired) electrons. The molecule has 0 saturated heterocycles. The minimum Gasteiger partial charge on any atom is -0.318 e. The van der Waals surface area contributed by atoms with Crippen molar-refractivity contribution in [3.05, 3.63) is 29.3 Å². The van der Waals surface area contributed by atoms with Gasteiger partial charge in [-0.05, 0) is 36.6 Å². The van der Waals surface area contributed by atoms with Crippen molar-refractivity contribution in [3.8, 4) is 0 Å². The van der Waals surface area contributed by atoms with Crippen LogP contribution in [-0.2, 0) is 15.4 Å². The normalized spacial score (nSPS) is 12.9. The molecule has 0 aromatic heterocycles. The van der Waals surface area contributed by atoms with Gasteiger partial charge in [-0.3, -0.25) is 0 Å². The van der Waals surface area contributed by atoms with E-state index in [9.17, 15) is 8.42 Å². The summed E-state index contributed by atoms with van der Waals surface area (Å²) in [7, 11) is 0.00101. The third kappa shape index (κ3) is 3.81. The molecule has 1 aromatic rings. The second-order valence-corrected chi connectivity index (χ2v) is 8.17. The number of nitrogens with one attached hydrogen (secondary N) is 1. The van der Waals surface area contributed by atoms with Crippen molar-refractivity contribution in [1.29, 1.82) is 0 Å². The Morgan fingerprint density at radius 1 is 1.25 bits per heavy atom. The average molecular weight is 298 g/mol. The molecule has 1 N–H and O–H groups in total. The number of hydrogen-bond donors (Lipinski definition) is 1. The Morgan fingerprint density at radius 3 is 2.35 bits per heavy atom. The monoisotopic (exact) mass is 298 g/mol. The van der Waals surface area contributed by atoms with E-state index in [4.69, 9.17) is 0 Å². The number of nitrogens with zero attached hydrogens (tertiary/aromatic N) is 1. The van der Waals surface area contributed by atoms with Gasteiger partial charge in [0.25, 0.3) is 0 Å². The number of benzene rings is 1. The number of aryl methyl sites for hydroxylation is 1. The highest BCUT2D eigenvalue weighted by Gasteiger charge is 2.24. The SMILES string of the molecule is CNCCN(C)S(=O)(=O)c1cc(C(C)(C)C)ccc1C. The van der Waals surface area contributed by atoms with Crippen LogP contribution in [0.15, 0.2) is 23.1 Å². The fourth-order valence-corrected chi connectivity index (χ4v) is 3.32. The first-order valence-corrected chi connectivity index (χ1v) is 8.27. The first-order chi connectivity index (χ1) is 9.10. The quantitative estimate of drug-likeness (QED) is 0.906. The number of hydrogen-bond acceptors (Lipinski definition) is 3. The minimum absolute atomic E-state index is 0.0679. The van der Waals surface area contributed by atoms with Crippen LogP contribution in [0.2, 0.25) is 0 Å². The van der Waals surface area contributed by atoms with Gasteiger partial charge in [0.2, 0.25) is 10.0 Å². The summed E-state index contributed by atoms with van der Waals surface area (Å²) >= 11 is 0. The van der Waals surface area contributed by atoms with Gasteiger partial charge in [0, 0.05) is 20.1 Å². The largest absolute Gasteiger partial charge is 0.318 e. The molecule has 0 bridgehead atoms. The van der Waals surface area contributed by atoms with E-state index in [1.54, 1.807) is 13.1 Å². The van der Waals surface area contributed by atoms with Gasteiger partial charge < -0.3 is 5.32 Å². The van der Waals surface area contributed by atoms with Crippen molar-refractivity contribution in [3.63, 3.8) is 0 Å². The summed E-state index contributed by atoms with van der Waals surface area (Å²) < 4.78 is 26.7. The van der Waals surface area contributed by atoms with Crippen LogP contribution in [0, 0.1) is 6.92 Å². The van der Waals surface area contributed by atoms with Crippen molar-refractivity contribution >= 4 is 10.0 Å². The fourth-order valence-electron chi connectivity index (χ4n) is 1.90. The van der Waals surface area contributed by atoms with Gasteiger partial charge in [-0.15, -0.1) is 0 Å². The topological polar surface area (TPSA) is 49.4 Å². The summed E-state index contributed by atoms with van der Waals surface area (Å²) in [4.78, 5) is 0.406. The summed E-state index contributed by atoms with van der Waals surface area (Å²) in [5.41, 5.74) is 1.75. The van der Waals surface area contributed by atoms with Crippen LogP contribution in [0.4, 0.5) is 0 Å². The van der Waals surface area contributed by atoms with Gasteiger partial charge in [0.15, 0.2) is 0 Å². The predicted octanol–water partition coefficient (Wildman–Crippen LogP) is 2.13. The molecule has 0 heterocycles. The highest BCUT2D eigenvalue weighted by Crippen LogP contribution is 2.27. The van der Waals surface area contributed by atoms with Crippen LogP contribution in [-0.4, -0.2) is 39.9 Å². The third-order valence-corrected chi connectivity index (χ3v) is 5.42. The maximum absolute atomic E-state index is 12.6. The molecule has 4 nitrogen and oxygen atoms in total. The first-order valence-electron chi connectivity index (χ1n) is 6.83. The van der Waals surface area contributed by atoms with Crippen LogP contribution < -0.4 is 5.32 Å². The predicted molar refractivity (Wildman–Crippen MR) is 83.6 cm³/mol. The Balaban J connectivity index is 3.24. The molecule has 0 unspecified atom stereocenters. The fraction of sp³-hybridized carbons (Fsp3) is 0.600. The summed E-state index contributed by atoms with van der Waals surface area (Å²) in [6.45, 7) is 9.17. The van der Waals surface area contributed by atoms with Crippen molar-refractivity contribution < 1.29 is 8.42 Å². The van der Waals surface area contributed by atoms with Crippen molar-refractivity contribution in [2.45, 2.75) is 38.0 Å². The highest BCUT2D eigenvalue weighted by molar-refractivity contribution is 7.89. The van der Waals surface area contributed by atoms with Gasteiger partial charge in [0.1, 0.15) is 0 Å². The molecule has 0 fully saturated rings. The van der Waals surface area contributed by atoms with Crippen LogP contribution in [0.5, 0.6) is 0 Å². The molecule has 0 amide bonds. The van der Waals surface area contributed by atoms with E-state index >= 15 is 0 Å². The van der Waals surface area contributed by atoms with Gasteiger partial charge in [-0.2, -0.15) is 4.31 Å². The third-order valence-electron chi connectivity index (χ3n) is 3.42. The first kappa shape index (κ1) is 17.1. The summed E-state index contributed by atoms with van der Waals surface area (Å²) in [6.07, 6.45) is 0. The number of rotatable bonds is 5. The molecular formula is C15H26N2O2S. The van der Waals surface area contributed by atoms with Crippen LogP contribution in [0.3, 0.4) is 0 Å². The average Bonchev–Trinajstić information content (AvgIpc) is 2.34. The lowest BCUT2D eigenvalue weighted by Gasteiger charge is -2.23. The smallest absolute Gasteiger partial charge is 0.243 e. The number of sulfonamides is 1. The van der Waals surface area contributed by atoms with E-state index in [0.29, 0.717) is 18.0 Å². The maximum atomic E-state index is 12.6.